The summed E-state index contributed by atoms with van der Waals surface area (Å²) >= 11 is 0. The summed E-state index contributed by atoms with van der Waals surface area (Å²) in [7, 11) is 0. The van der Waals surface area contributed by atoms with Crippen LogP contribution >= 0.6 is 0 Å². The van der Waals surface area contributed by atoms with E-state index in [1.54, 1.807) is 6.20 Å². The summed E-state index contributed by atoms with van der Waals surface area (Å²) in [6.45, 7) is 5.24. The molecule has 1 heterocycles. The standard InChI is InChI=1S/C17H27N3O/c1-3-10-18-14-9-11-19-16(12-14)17(21)20-15-8-6-5-7-13(15)4-2/h9,11-13,15H,3-8,10H2,1-2H3,(H,18,19)(H,20,21). The van der Waals surface area contributed by atoms with Crippen LogP contribution in [-0.2, 0) is 0 Å². The Morgan fingerprint density at radius 1 is 1.33 bits per heavy atom. The van der Waals surface area contributed by atoms with E-state index < -0.39 is 0 Å². The molecular weight excluding hydrogens is 262 g/mol. The lowest BCUT2D eigenvalue weighted by Gasteiger charge is -2.31. The first kappa shape index (κ1) is 15.8. The molecule has 0 saturated heterocycles. The molecule has 21 heavy (non-hydrogen) atoms. The second-order valence-corrected chi connectivity index (χ2v) is 5.89. The fraction of sp³-hybridized carbons (Fsp3) is 0.647. The Bertz CT molecular complexity index is 461. The molecule has 1 aliphatic carbocycles. The van der Waals surface area contributed by atoms with Crippen molar-refractivity contribution >= 4 is 11.6 Å². The summed E-state index contributed by atoms with van der Waals surface area (Å²) < 4.78 is 0. The van der Waals surface area contributed by atoms with Crippen LogP contribution in [-0.4, -0.2) is 23.5 Å². The fourth-order valence-corrected chi connectivity index (χ4v) is 3.06. The van der Waals surface area contributed by atoms with Crippen molar-refractivity contribution < 1.29 is 4.79 Å². The van der Waals surface area contributed by atoms with Gasteiger partial charge in [-0.25, -0.2) is 0 Å². The molecule has 4 heteroatoms. The van der Waals surface area contributed by atoms with Crippen molar-refractivity contribution in [3.63, 3.8) is 0 Å². The van der Waals surface area contributed by atoms with Crippen LogP contribution in [0.2, 0.25) is 0 Å². The lowest BCUT2D eigenvalue weighted by molar-refractivity contribution is 0.0899. The van der Waals surface area contributed by atoms with Gasteiger partial charge in [0.1, 0.15) is 5.69 Å². The largest absolute Gasteiger partial charge is 0.385 e. The van der Waals surface area contributed by atoms with E-state index in [2.05, 4.69) is 29.5 Å². The van der Waals surface area contributed by atoms with Crippen molar-refractivity contribution in [2.45, 2.75) is 58.4 Å². The van der Waals surface area contributed by atoms with Gasteiger partial charge in [-0.2, -0.15) is 0 Å². The molecule has 1 saturated carbocycles. The van der Waals surface area contributed by atoms with Gasteiger partial charge in [-0.3, -0.25) is 9.78 Å². The number of nitrogens with one attached hydrogen (secondary N) is 2. The predicted molar refractivity (Wildman–Crippen MR) is 86.5 cm³/mol. The number of hydrogen-bond donors (Lipinski definition) is 2. The Balaban J connectivity index is 1.98. The smallest absolute Gasteiger partial charge is 0.270 e. The van der Waals surface area contributed by atoms with E-state index in [0.29, 0.717) is 17.7 Å². The highest BCUT2D eigenvalue weighted by molar-refractivity contribution is 5.93. The van der Waals surface area contributed by atoms with Crippen molar-refractivity contribution in [3.05, 3.63) is 24.0 Å². The molecule has 4 nitrogen and oxygen atoms in total. The molecule has 1 amide bonds. The number of nitrogens with zero attached hydrogens (tertiary/aromatic N) is 1. The summed E-state index contributed by atoms with van der Waals surface area (Å²) in [5.41, 5.74) is 1.48. The van der Waals surface area contributed by atoms with Crippen LogP contribution < -0.4 is 10.6 Å². The van der Waals surface area contributed by atoms with E-state index in [1.807, 2.05) is 12.1 Å². The van der Waals surface area contributed by atoms with Gasteiger partial charge in [-0.1, -0.05) is 33.1 Å². The van der Waals surface area contributed by atoms with Crippen LogP contribution in [0.4, 0.5) is 5.69 Å². The maximum absolute atomic E-state index is 12.4. The number of aromatic nitrogens is 1. The van der Waals surface area contributed by atoms with Crippen molar-refractivity contribution in [1.29, 1.82) is 0 Å². The predicted octanol–water partition coefficient (Wildman–Crippen LogP) is 3.60. The zero-order valence-corrected chi connectivity index (χ0v) is 13.2. The minimum absolute atomic E-state index is 0.0412. The molecule has 2 atom stereocenters. The normalized spacial score (nSPS) is 21.8. The number of rotatable bonds is 6. The van der Waals surface area contributed by atoms with E-state index >= 15 is 0 Å². The van der Waals surface area contributed by atoms with E-state index in [-0.39, 0.29) is 5.91 Å². The van der Waals surface area contributed by atoms with Gasteiger partial charge in [-0.15, -0.1) is 0 Å². The molecule has 0 aromatic carbocycles. The summed E-state index contributed by atoms with van der Waals surface area (Å²) in [6, 6.07) is 4.06. The fourth-order valence-electron chi connectivity index (χ4n) is 3.06. The Morgan fingerprint density at radius 2 is 2.14 bits per heavy atom. The van der Waals surface area contributed by atoms with Gasteiger partial charge in [0.05, 0.1) is 0 Å². The number of hydrogen-bond acceptors (Lipinski definition) is 3. The molecule has 116 valence electrons. The third-order valence-electron chi connectivity index (χ3n) is 4.32. The zero-order valence-electron chi connectivity index (χ0n) is 13.2. The average molecular weight is 289 g/mol. The van der Waals surface area contributed by atoms with Crippen LogP contribution in [0.1, 0.15) is 62.9 Å². The molecule has 1 fully saturated rings. The molecule has 0 spiro atoms. The minimum atomic E-state index is -0.0412. The van der Waals surface area contributed by atoms with Gasteiger partial charge in [0.15, 0.2) is 0 Å². The summed E-state index contributed by atoms with van der Waals surface area (Å²) in [5.74, 6) is 0.574. The third kappa shape index (κ3) is 4.45. The zero-order chi connectivity index (χ0) is 15.1. The van der Waals surface area contributed by atoms with E-state index in [0.717, 1.165) is 31.5 Å². The monoisotopic (exact) mass is 289 g/mol. The highest BCUT2D eigenvalue weighted by Gasteiger charge is 2.25. The number of carbonyl (C=O) groups is 1. The topological polar surface area (TPSA) is 54.0 Å². The average Bonchev–Trinajstić information content (AvgIpc) is 2.53. The number of pyridine rings is 1. The van der Waals surface area contributed by atoms with Crippen LogP contribution in [0, 0.1) is 5.92 Å². The second kappa shape index (κ2) is 8.01. The van der Waals surface area contributed by atoms with Crippen molar-refractivity contribution in [1.82, 2.24) is 10.3 Å². The molecule has 1 aromatic heterocycles. The first-order valence-corrected chi connectivity index (χ1v) is 8.25. The highest BCUT2D eigenvalue weighted by Crippen LogP contribution is 2.27. The quantitative estimate of drug-likeness (QED) is 0.841. The Morgan fingerprint density at radius 3 is 2.90 bits per heavy atom. The Labute approximate surface area is 127 Å². The minimum Gasteiger partial charge on any atom is -0.385 e. The SMILES string of the molecule is CCCNc1ccnc(C(=O)NC2CCCCC2CC)c1. The molecule has 0 aliphatic heterocycles. The maximum atomic E-state index is 12.4. The third-order valence-corrected chi connectivity index (χ3v) is 4.32. The molecule has 0 bridgehead atoms. The molecule has 1 aromatic rings. The van der Waals surface area contributed by atoms with Gasteiger partial charge in [0.25, 0.3) is 5.91 Å². The van der Waals surface area contributed by atoms with Crippen molar-refractivity contribution in [3.8, 4) is 0 Å². The van der Waals surface area contributed by atoms with Crippen LogP contribution in [0.3, 0.4) is 0 Å². The Hall–Kier alpha value is -1.58. The van der Waals surface area contributed by atoms with Gasteiger partial charge >= 0.3 is 0 Å². The maximum Gasteiger partial charge on any atom is 0.270 e. The summed E-state index contributed by atoms with van der Waals surface area (Å²) in [6.07, 6.45) is 8.73. The molecule has 0 radical (unpaired) electrons. The van der Waals surface area contributed by atoms with Gasteiger partial charge in [0.2, 0.25) is 0 Å². The van der Waals surface area contributed by atoms with Crippen molar-refractivity contribution in [2.24, 2.45) is 5.92 Å². The molecule has 2 N–H and O–H groups in total. The first-order chi connectivity index (χ1) is 10.2. The van der Waals surface area contributed by atoms with E-state index in [9.17, 15) is 4.79 Å². The number of anilines is 1. The molecule has 2 unspecified atom stereocenters. The van der Waals surface area contributed by atoms with Crippen molar-refractivity contribution in [2.75, 3.05) is 11.9 Å². The summed E-state index contributed by atoms with van der Waals surface area (Å²) in [5, 5.41) is 6.48. The van der Waals surface area contributed by atoms with Crippen LogP contribution in [0.25, 0.3) is 0 Å². The highest BCUT2D eigenvalue weighted by atomic mass is 16.1. The molecule has 2 rings (SSSR count). The van der Waals surface area contributed by atoms with Crippen LogP contribution in [0.5, 0.6) is 0 Å². The van der Waals surface area contributed by atoms with Crippen LogP contribution in [0.15, 0.2) is 18.3 Å². The molecular formula is C17H27N3O. The number of amides is 1. The lowest BCUT2D eigenvalue weighted by Crippen LogP contribution is -2.42. The first-order valence-electron chi connectivity index (χ1n) is 8.25. The summed E-state index contributed by atoms with van der Waals surface area (Å²) in [4.78, 5) is 16.6. The number of carbonyl (C=O) groups excluding carboxylic acids is 1. The lowest BCUT2D eigenvalue weighted by atomic mass is 9.83. The van der Waals surface area contributed by atoms with Gasteiger partial charge < -0.3 is 10.6 Å². The second-order valence-electron chi connectivity index (χ2n) is 5.89. The molecule has 1 aliphatic rings. The van der Waals surface area contributed by atoms with Gasteiger partial charge in [0, 0.05) is 24.5 Å². The van der Waals surface area contributed by atoms with E-state index in [1.165, 1.54) is 19.3 Å². The van der Waals surface area contributed by atoms with Gasteiger partial charge in [-0.05, 0) is 37.3 Å². The van der Waals surface area contributed by atoms with E-state index in [4.69, 9.17) is 0 Å². The Kier molecular flexibility index (Phi) is 6.03.